The summed E-state index contributed by atoms with van der Waals surface area (Å²) in [6, 6.07) is 4.97. The number of non-ortho nitro benzene ring substituents is 1. The Balaban J connectivity index is 2.05. The molecular formula is C14H16N2O5. The molecule has 1 amide bonds. The van der Waals surface area contributed by atoms with Crippen molar-refractivity contribution in [2.45, 2.75) is 31.7 Å². The molecular weight excluding hydrogens is 276 g/mol. The van der Waals surface area contributed by atoms with Crippen molar-refractivity contribution in [2.24, 2.45) is 0 Å². The lowest BCUT2D eigenvalue weighted by Gasteiger charge is -2.33. The van der Waals surface area contributed by atoms with Gasteiger partial charge >= 0.3 is 5.97 Å². The summed E-state index contributed by atoms with van der Waals surface area (Å²) in [6.45, 7) is 0.447. The number of piperidine rings is 1. The van der Waals surface area contributed by atoms with Gasteiger partial charge in [-0.3, -0.25) is 14.9 Å². The van der Waals surface area contributed by atoms with Crippen LogP contribution < -0.4 is 0 Å². The van der Waals surface area contributed by atoms with Gasteiger partial charge in [-0.05, 0) is 24.8 Å². The van der Waals surface area contributed by atoms with E-state index in [1.807, 2.05) is 0 Å². The Kier molecular flexibility index (Phi) is 4.52. The molecule has 0 bridgehead atoms. The molecule has 7 heteroatoms. The van der Waals surface area contributed by atoms with E-state index in [-0.39, 0.29) is 18.0 Å². The van der Waals surface area contributed by atoms with Crippen molar-refractivity contribution in [3.8, 4) is 0 Å². The highest BCUT2D eigenvalue weighted by Gasteiger charge is 2.31. The number of benzene rings is 1. The second-order valence-electron chi connectivity index (χ2n) is 5.04. The lowest BCUT2D eigenvalue weighted by atomic mass is 10.0. The zero-order valence-electron chi connectivity index (χ0n) is 11.4. The third kappa shape index (κ3) is 3.56. The molecule has 0 unspecified atom stereocenters. The second-order valence-corrected chi connectivity index (χ2v) is 5.04. The van der Waals surface area contributed by atoms with Crippen LogP contribution in [0.3, 0.4) is 0 Å². The average Bonchev–Trinajstić information content (AvgIpc) is 2.47. The largest absolute Gasteiger partial charge is 0.480 e. The summed E-state index contributed by atoms with van der Waals surface area (Å²) in [5, 5.41) is 19.7. The number of rotatable bonds is 4. The van der Waals surface area contributed by atoms with Crippen LogP contribution in [0.15, 0.2) is 24.3 Å². The third-order valence-electron chi connectivity index (χ3n) is 3.61. The summed E-state index contributed by atoms with van der Waals surface area (Å²) >= 11 is 0. The predicted molar refractivity (Wildman–Crippen MR) is 73.8 cm³/mol. The van der Waals surface area contributed by atoms with Crippen LogP contribution in [0.2, 0.25) is 0 Å². The number of carboxylic acid groups (broad SMARTS) is 1. The minimum atomic E-state index is -0.980. The van der Waals surface area contributed by atoms with Crippen molar-refractivity contribution >= 4 is 17.6 Å². The maximum atomic E-state index is 12.2. The Hall–Kier alpha value is -2.44. The van der Waals surface area contributed by atoms with E-state index in [0.717, 1.165) is 12.8 Å². The standard InChI is InChI=1S/C14H16N2O5/c17-13(15-8-2-1-3-12(15)14(18)19)9-10-4-6-11(7-5-10)16(20)21/h4-7,12H,1-3,8-9H2,(H,18,19)/t12-/m0/s1. The van der Waals surface area contributed by atoms with Gasteiger partial charge in [0.05, 0.1) is 11.3 Å². The zero-order valence-corrected chi connectivity index (χ0v) is 11.4. The molecule has 112 valence electrons. The lowest BCUT2D eigenvalue weighted by Crippen LogP contribution is -2.48. The number of carboxylic acids is 1. The molecule has 1 aromatic rings. The van der Waals surface area contributed by atoms with Gasteiger partial charge in [0.15, 0.2) is 0 Å². The van der Waals surface area contributed by atoms with Gasteiger partial charge in [-0.15, -0.1) is 0 Å². The van der Waals surface area contributed by atoms with E-state index in [4.69, 9.17) is 5.11 Å². The number of likely N-dealkylation sites (tertiary alicyclic amines) is 1. The maximum Gasteiger partial charge on any atom is 0.326 e. The van der Waals surface area contributed by atoms with Crippen LogP contribution in [0.1, 0.15) is 24.8 Å². The number of amides is 1. The monoisotopic (exact) mass is 292 g/mol. The van der Waals surface area contributed by atoms with Gasteiger partial charge < -0.3 is 10.0 Å². The van der Waals surface area contributed by atoms with Gasteiger partial charge in [0.2, 0.25) is 5.91 Å². The summed E-state index contributed by atoms with van der Waals surface area (Å²) in [5.74, 6) is -1.23. The molecule has 1 atom stereocenters. The molecule has 0 radical (unpaired) electrons. The molecule has 1 fully saturated rings. The molecule has 1 aromatic carbocycles. The summed E-state index contributed by atoms with van der Waals surface area (Å²) in [6.07, 6.45) is 2.14. The van der Waals surface area contributed by atoms with Crippen LogP contribution >= 0.6 is 0 Å². The van der Waals surface area contributed by atoms with Crippen molar-refractivity contribution in [1.29, 1.82) is 0 Å². The van der Waals surface area contributed by atoms with E-state index < -0.39 is 16.9 Å². The number of nitro benzene ring substituents is 1. The summed E-state index contributed by atoms with van der Waals surface area (Å²) in [5.41, 5.74) is 0.605. The van der Waals surface area contributed by atoms with Crippen molar-refractivity contribution in [3.05, 3.63) is 39.9 Å². The van der Waals surface area contributed by atoms with E-state index in [2.05, 4.69) is 0 Å². The highest BCUT2D eigenvalue weighted by molar-refractivity contribution is 5.85. The molecule has 0 saturated carbocycles. The van der Waals surface area contributed by atoms with E-state index >= 15 is 0 Å². The van der Waals surface area contributed by atoms with Gasteiger partial charge in [0.1, 0.15) is 6.04 Å². The van der Waals surface area contributed by atoms with Gasteiger partial charge in [-0.1, -0.05) is 12.1 Å². The number of carbonyl (C=O) groups excluding carboxylic acids is 1. The molecule has 0 spiro atoms. The Bertz CT molecular complexity index is 555. The first kappa shape index (κ1) is 15.0. The molecule has 1 aliphatic rings. The van der Waals surface area contributed by atoms with Crippen LogP contribution in [0.4, 0.5) is 5.69 Å². The maximum absolute atomic E-state index is 12.2. The lowest BCUT2D eigenvalue weighted by molar-refractivity contribution is -0.384. The molecule has 1 saturated heterocycles. The molecule has 7 nitrogen and oxygen atoms in total. The van der Waals surface area contributed by atoms with Crippen LogP contribution in [0.5, 0.6) is 0 Å². The fourth-order valence-corrected chi connectivity index (χ4v) is 2.50. The predicted octanol–water partition coefficient (Wildman–Crippen LogP) is 1.60. The van der Waals surface area contributed by atoms with Crippen LogP contribution in [0, 0.1) is 10.1 Å². The number of aliphatic carboxylic acids is 1. The van der Waals surface area contributed by atoms with Gasteiger partial charge in [0, 0.05) is 18.7 Å². The van der Waals surface area contributed by atoms with E-state index in [1.54, 1.807) is 0 Å². The number of nitrogens with zero attached hydrogens (tertiary/aromatic N) is 2. The van der Waals surface area contributed by atoms with Crippen molar-refractivity contribution in [2.75, 3.05) is 6.54 Å². The Morgan fingerprint density at radius 3 is 2.52 bits per heavy atom. The van der Waals surface area contributed by atoms with Gasteiger partial charge in [-0.2, -0.15) is 0 Å². The molecule has 21 heavy (non-hydrogen) atoms. The van der Waals surface area contributed by atoms with Gasteiger partial charge in [0.25, 0.3) is 5.69 Å². The molecule has 1 heterocycles. The van der Waals surface area contributed by atoms with E-state index in [0.29, 0.717) is 18.5 Å². The molecule has 1 N–H and O–H groups in total. The third-order valence-corrected chi connectivity index (χ3v) is 3.61. The SMILES string of the molecule is O=C(O)[C@@H]1CCCCN1C(=O)Cc1ccc([N+](=O)[O-])cc1. The zero-order chi connectivity index (χ0) is 15.4. The summed E-state index contributed by atoms with van der Waals surface area (Å²) in [7, 11) is 0. The second kappa shape index (κ2) is 6.34. The first-order valence-electron chi connectivity index (χ1n) is 6.74. The van der Waals surface area contributed by atoms with E-state index in [1.165, 1.54) is 29.2 Å². The van der Waals surface area contributed by atoms with Gasteiger partial charge in [-0.25, -0.2) is 4.79 Å². The topological polar surface area (TPSA) is 101 Å². The summed E-state index contributed by atoms with van der Waals surface area (Å²) < 4.78 is 0. The molecule has 0 aromatic heterocycles. The Morgan fingerprint density at radius 2 is 1.95 bits per heavy atom. The van der Waals surface area contributed by atoms with Crippen LogP contribution in [0.25, 0.3) is 0 Å². The smallest absolute Gasteiger partial charge is 0.326 e. The number of carbonyl (C=O) groups is 2. The normalized spacial score (nSPS) is 18.3. The van der Waals surface area contributed by atoms with E-state index in [9.17, 15) is 19.7 Å². The highest BCUT2D eigenvalue weighted by Crippen LogP contribution is 2.19. The average molecular weight is 292 g/mol. The molecule has 1 aliphatic heterocycles. The summed E-state index contributed by atoms with van der Waals surface area (Å²) in [4.78, 5) is 34.9. The minimum Gasteiger partial charge on any atom is -0.480 e. The van der Waals surface area contributed by atoms with Crippen LogP contribution in [-0.4, -0.2) is 39.4 Å². The fraction of sp³-hybridized carbons (Fsp3) is 0.429. The minimum absolute atomic E-state index is 0.0346. The number of nitro groups is 1. The Morgan fingerprint density at radius 1 is 1.29 bits per heavy atom. The highest BCUT2D eigenvalue weighted by atomic mass is 16.6. The van der Waals surface area contributed by atoms with Crippen molar-refractivity contribution < 1.29 is 19.6 Å². The Labute approximate surface area is 121 Å². The van der Waals surface area contributed by atoms with Crippen molar-refractivity contribution in [1.82, 2.24) is 4.90 Å². The molecule has 0 aliphatic carbocycles. The molecule has 2 rings (SSSR count). The van der Waals surface area contributed by atoms with Crippen molar-refractivity contribution in [3.63, 3.8) is 0 Å². The number of hydrogen-bond acceptors (Lipinski definition) is 4. The fourth-order valence-electron chi connectivity index (χ4n) is 2.50. The van der Waals surface area contributed by atoms with Crippen LogP contribution in [-0.2, 0) is 16.0 Å². The quantitative estimate of drug-likeness (QED) is 0.671. The number of hydrogen-bond donors (Lipinski definition) is 1. The first-order chi connectivity index (χ1) is 9.99. The first-order valence-corrected chi connectivity index (χ1v) is 6.74.